The summed E-state index contributed by atoms with van der Waals surface area (Å²) in [6.45, 7) is 4.35. The van der Waals surface area contributed by atoms with Crippen molar-refractivity contribution >= 4 is 29.9 Å². The second-order valence-electron chi connectivity index (χ2n) is 7.66. The molecule has 3 aliphatic rings. The molecule has 1 spiro atoms. The fourth-order valence-electron chi connectivity index (χ4n) is 4.35. The van der Waals surface area contributed by atoms with Crippen molar-refractivity contribution in [2.45, 2.75) is 44.7 Å². The second-order valence-corrected chi connectivity index (χ2v) is 7.66. The summed E-state index contributed by atoms with van der Waals surface area (Å²) in [7, 11) is 1.78. The molecule has 25 heavy (non-hydrogen) atoms. The van der Waals surface area contributed by atoms with Crippen LogP contribution in [-0.4, -0.2) is 56.9 Å². The van der Waals surface area contributed by atoms with Crippen molar-refractivity contribution in [1.29, 1.82) is 0 Å². The molecule has 8 heteroatoms. The first-order chi connectivity index (χ1) is 11.4. The average Bonchev–Trinajstić information content (AvgIpc) is 3.18. The minimum atomic E-state index is -4.03. The SMILES string of the molecule is CN=C(NCC1CCC(C(F)(F)F)CC1)N1CCC2(CCOC2)C1.I. The fraction of sp³-hybridized carbons (Fsp3) is 0.941. The van der Waals surface area contributed by atoms with Gasteiger partial charge in [0.2, 0.25) is 0 Å². The summed E-state index contributed by atoms with van der Waals surface area (Å²) < 4.78 is 43.8. The van der Waals surface area contributed by atoms with E-state index in [1.54, 1.807) is 7.05 Å². The number of hydrogen-bond acceptors (Lipinski definition) is 2. The maximum absolute atomic E-state index is 12.7. The van der Waals surface area contributed by atoms with E-state index in [4.69, 9.17) is 4.74 Å². The molecule has 0 bridgehead atoms. The summed E-state index contributed by atoms with van der Waals surface area (Å²) in [5, 5.41) is 3.39. The van der Waals surface area contributed by atoms with Gasteiger partial charge in [0.05, 0.1) is 12.5 Å². The highest BCUT2D eigenvalue weighted by atomic mass is 127. The first-order valence-corrected chi connectivity index (χ1v) is 9.02. The molecule has 1 atom stereocenters. The molecule has 0 aromatic heterocycles. The summed E-state index contributed by atoms with van der Waals surface area (Å²) in [5.41, 5.74) is 0.280. The normalized spacial score (nSPS) is 33.6. The second kappa shape index (κ2) is 8.63. The molecule has 0 radical (unpaired) electrons. The van der Waals surface area contributed by atoms with Crippen molar-refractivity contribution in [2.24, 2.45) is 22.2 Å². The molecule has 1 unspecified atom stereocenters. The van der Waals surface area contributed by atoms with Crippen LogP contribution >= 0.6 is 24.0 Å². The van der Waals surface area contributed by atoms with Crippen LogP contribution in [0.2, 0.25) is 0 Å². The molecule has 0 aromatic carbocycles. The van der Waals surface area contributed by atoms with Crippen molar-refractivity contribution in [1.82, 2.24) is 10.2 Å². The van der Waals surface area contributed by atoms with Crippen LogP contribution in [0.15, 0.2) is 4.99 Å². The predicted octanol–water partition coefficient (Wildman–Crippen LogP) is 3.66. The smallest absolute Gasteiger partial charge is 0.381 e. The summed E-state index contributed by atoms with van der Waals surface area (Å²) in [6.07, 6.45) is 0.0309. The standard InChI is InChI=1S/C17H28F3N3O.HI/c1-21-15(23-8-6-16(11-23)7-9-24-12-16)22-10-13-2-4-14(5-3-13)17(18,19)20;/h13-14H,2-12H2,1H3,(H,21,22);1H. The van der Waals surface area contributed by atoms with E-state index in [9.17, 15) is 13.2 Å². The molecule has 2 aliphatic heterocycles. The van der Waals surface area contributed by atoms with Gasteiger partial charge in [-0.1, -0.05) is 0 Å². The lowest BCUT2D eigenvalue weighted by Crippen LogP contribution is -2.43. The van der Waals surface area contributed by atoms with Gasteiger partial charge in [-0.2, -0.15) is 13.2 Å². The Bertz CT molecular complexity index is 459. The number of halogens is 4. The van der Waals surface area contributed by atoms with E-state index < -0.39 is 12.1 Å². The number of hydrogen-bond donors (Lipinski definition) is 1. The number of nitrogens with zero attached hydrogens (tertiary/aromatic N) is 2. The quantitative estimate of drug-likeness (QED) is 0.377. The van der Waals surface area contributed by atoms with Gasteiger partial charge in [-0.05, 0) is 44.4 Å². The molecule has 0 amide bonds. The molecule has 3 rings (SSSR count). The summed E-state index contributed by atoms with van der Waals surface area (Å²) in [6, 6.07) is 0. The molecule has 1 aliphatic carbocycles. The van der Waals surface area contributed by atoms with Gasteiger partial charge < -0.3 is 15.0 Å². The topological polar surface area (TPSA) is 36.9 Å². The zero-order valence-corrected chi connectivity index (χ0v) is 17.1. The number of guanidine groups is 1. The van der Waals surface area contributed by atoms with E-state index in [1.807, 2.05) is 0 Å². The van der Waals surface area contributed by atoms with Gasteiger partial charge in [0.25, 0.3) is 0 Å². The monoisotopic (exact) mass is 475 g/mol. The first-order valence-electron chi connectivity index (χ1n) is 9.02. The minimum absolute atomic E-state index is 0. The van der Waals surface area contributed by atoms with E-state index >= 15 is 0 Å². The van der Waals surface area contributed by atoms with Crippen molar-refractivity contribution in [3.63, 3.8) is 0 Å². The van der Waals surface area contributed by atoms with Gasteiger partial charge in [0.15, 0.2) is 5.96 Å². The number of likely N-dealkylation sites (tertiary alicyclic amines) is 1. The van der Waals surface area contributed by atoms with Crippen LogP contribution < -0.4 is 5.32 Å². The maximum atomic E-state index is 12.7. The lowest BCUT2D eigenvalue weighted by atomic mass is 9.81. The van der Waals surface area contributed by atoms with Gasteiger partial charge in [0, 0.05) is 38.7 Å². The molecule has 3 fully saturated rings. The maximum Gasteiger partial charge on any atom is 0.391 e. The van der Waals surface area contributed by atoms with Crippen LogP contribution in [0.4, 0.5) is 13.2 Å². The van der Waals surface area contributed by atoms with Crippen molar-refractivity contribution in [3.8, 4) is 0 Å². The van der Waals surface area contributed by atoms with Crippen LogP contribution in [0, 0.1) is 17.3 Å². The van der Waals surface area contributed by atoms with Gasteiger partial charge in [-0.15, -0.1) is 24.0 Å². The predicted molar refractivity (Wildman–Crippen MR) is 102 cm³/mol. The Morgan fingerprint density at radius 1 is 1.24 bits per heavy atom. The van der Waals surface area contributed by atoms with Gasteiger partial charge in [-0.25, -0.2) is 0 Å². The Balaban J connectivity index is 0.00000225. The third kappa shape index (κ3) is 5.14. The van der Waals surface area contributed by atoms with Crippen molar-refractivity contribution < 1.29 is 17.9 Å². The van der Waals surface area contributed by atoms with Crippen LogP contribution in [-0.2, 0) is 4.74 Å². The number of alkyl halides is 3. The van der Waals surface area contributed by atoms with Crippen LogP contribution in [0.25, 0.3) is 0 Å². The highest BCUT2D eigenvalue weighted by Gasteiger charge is 2.43. The van der Waals surface area contributed by atoms with Gasteiger partial charge >= 0.3 is 6.18 Å². The Morgan fingerprint density at radius 3 is 2.52 bits per heavy atom. The van der Waals surface area contributed by atoms with E-state index in [-0.39, 0.29) is 42.2 Å². The molecule has 4 nitrogen and oxygen atoms in total. The molecule has 2 heterocycles. The zero-order valence-electron chi connectivity index (χ0n) is 14.8. The van der Waals surface area contributed by atoms with Crippen molar-refractivity contribution in [3.05, 3.63) is 0 Å². The largest absolute Gasteiger partial charge is 0.391 e. The van der Waals surface area contributed by atoms with E-state index in [2.05, 4.69) is 15.2 Å². The molecule has 0 aromatic rings. The molecular weight excluding hydrogens is 446 g/mol. The minimum Gasteiger partial charge on any atom is -0.381 e. The number of ether oxygens (including phenoxy) is 1. The molecule has 146 valence electrons. The summed E-state index contributed by atoms with van der Waals surface area (Å²) in [5.74, 6) is 0.0947. The van der Waals surface area contributed by atoms with Crippen LogP contribution in [0.3, 0.4) is 0 Å². The molecular formula is C17H29F3IN3O. The number of aliphatic imine (C=N–C) groups is 1. The van der Waals surface area contributed by atoms with Crippen LogP contribution in [0.5, 0.6) is 0 Å². The van der Waals surface area contributed by atoms with E-state index in [0.717, 1.165) is 51.6 Å². The lowest BCUT2D eigenvalue weighted by molar-refractivity contribution is -0.183. The summed E-state index contributed by atoms with van der Waals surface area (Å²) in [4.78, 5) is 6.65. The Morgan fingerprint density at radius 2 is 1.96 bits per heavy atom. The first kappa shape index (κ1) is 21.1. The molecule has 1 saturated carbocycles. The zero-order chi connectivity index (χ0) is 17.2. The average molecular weight is 475 g/mol. The van der Waals surface area contributed by atoms with Gasteiger partial charge in [-0.3, -0.25) is 4.99 Å². The molecule has 2 saturated heterocycles. The van der Waals surface area contributed by atoms with Crippen molar-refractivity contribution in [2.75, 3.05) is 39.9 Å². The lowest BCUT2D eigenvalue weighted by Gasteiger charge is -2.31. The fourth-order valence-corrected chi connectivity index (χ4v) is 4.35. The van der Waals surface area contributed by atoms with Crippen LogP contribution in [0.1, 0.15) is 38.5 Å². The number of nitrogens with one attached hydrogen (secondary N) is 1. The Kier molecular flexibility index (Phi) is 7.26. The highest BCUT2D eigenvalue weighted by molar-refractivity contribution is 14.0. The Labute approximate surface area is 165 Å². The van der Waals surface area contributed by atoms with E-state index in [1.165, 1.54) is 0 Å². The van der Waals surface area contributed by atoms with E-state index in [0.29, 0.717) is 18.8 Å². The number of rotatable bonds is 2. The third-order valence-electron chi connectivity index (χ3n) is 5.99. The van der Waals surface area contributed by atoms with Gasteiger partial charge in [0.1, 0.15) is 0 Å². The molecule has 1 N–H and O–H groups in total. The summed E-state index contributed by atoms with van der Waals surface area (Å²) >= 11 is 0. The third-order valence-corrected chi connectivity index (χ3v) is 5.99. The highest BCUT2D eigenvalue weighted by Crippen LogP contribution is 2.40. The Hall–Kier alpha value is -0.250.